The Morgan fingerprint density at radius 1 is 1.08 bits per heavy atom. The van der Waals surface area contributed by atoms with Gasteiger partial charge in [0.1, 0.15) is 17.2 Å². The summed E-state index contributed by atoms with van der Waals surface area (Å²) >= 11 is 0. The van der Waals surface area contributed by atoms with Crippen LogP contribution in [0.2, 0.25) is 0 Å². The Kier molecular flexibility index (Phi) is 6.88. The molecule has 0 radical (unpaired) electrons. The molecule has 2 aromatic rings. The van der Waals surface area contributed by atoms with Crippen molar-refractivity contribution in [1.29, 1.82) is 0 Å². The number of fused-ring (bicyclic) bond motifs is 1. The number of hydrogen-bond acceptors (Lipinski definition) is 6. The number of amides is 1. The summed E-state index contributed by atoms with van der Waals surface area (Å²) in [5, 5.41) is 2.79. The second kappa shape index (κ2) is 10.1. The van der Waals surface area contributed by atoms with Crippen molar-refractivity contribution in [2.24, 2.45) is 0 Å². The van der Waals surface area contributed by atoms with Crippen molar-refractivity contribution >= 4 is 28.7 Å². The molecule has 0 unspecified atom stereocenters. The number of carbonyl (C=O) groups is 2. The number of ether oxygens (including phenoxy) is 2. The SMILES string of the molecule is CCOC(=O)CN1CCN(Cc2ccc(C3=CC(=C4C(=O)Nc5ccc(F)cc54)OC3(C)C)cc2)CC1. The lowest BCUT2D eigenvalue weighted by molar-refractivity contribution is -0.144. The molecule has 5 rings (SSSR count). The van der Waals surface area contributed by atoms with Crippen LogP contribution in [0.4, 0.5) is 10.1 Å². The summed E-state index contributed by atoms with van der Waals surface area (Å²) in [5.41, 5.74) is 4.01. The lowest BCUT2D eigenvalue weighted by Crippen LogP contribution is -2.47. The first kappa shape index (κ1) is 25.2. The molecule has 37 heavy (non-hydrogen) atoms. The third kappa shape index (κ3) is 5.31. The number of hydrogen-bond donors (Lipinski definition) is 1. The van der Waals surface area contributed by atoms with Crippen LogP contribution >= 0.6 is 0 Å². The molecule has 7 nitrogen and oxygen atoms in total. The van der Waals surface area contributed by atoms with E-state index in [4.69, 9.17) is 9.47 Å². The zero-order chi connectivity index (χ0) is 26.2. The Morgan fingerprint density at radius 3 is 2.49 bits per heavy atom. The number of esters is 1. The van der Waals surface area contributed by atoms with Crippen LogP contribution in [0.3, 0.4) is 0 Å². The second-order valence-corrected chi connectivity index (χ2v) is 10.1. The first-order valence-corrected chi connectivity index (χ1v) is 12.7. The van der Waals surface area contributed by atoms with Crippen molar-refractivity contribution < 1.29 is 23.5 Å². The zero-order valence-electron chi connectivity index (χ0n) is 21.5. The minimum atomic E-state index is -0.643. The molecule has 0 spiro atoms. The molecule has 3 aliphatic heterocycles. The van der Waals surface area contributed by atoms with Gasteiger partial charge in [0.2, 0.25) is 0 Å². The van der Waals surface area contributed by atoms with E-state index in [9.17, 15) is 14.0 Å². The van der Waals surface area contributed by atoms with E-state index >= 15 is 0 Å². The summed E-state index contributed by atoms with van der Waals surface area (Å²) in [6, 6.07) is 12.7. The number of rotatable bonds is 6. The molecule has 3 heterocycles. The second-order valence-electron chi connectivity index (χ2n) is 10.1. The monoisotopic (exact) mass is 505 g/mol. The summed E-state index contributed by atoms with van der Waals surface area (Å²) in [4.78, 5) is 28.9. The summed E-state index contributed by atoms with van der Waals surface area (Å²) < 4.78 is 25.2. The number of allylic oxidation sites excluding steroid dienone is 1. The van der Waals surface area contributed by atoms with Crippen LogP contribution in [0.15, 0.2) is 54.3 Å². The Morgan fingerprint density at radius 2 is 1.78 bits per heavy atom. The fourth-order valence-corrected chi connectivity index (χ4v) is 5.15. The average molecular weight is 506 g/mol. The van der Waals surface area contributed by atoms with Crippen molar-refractivity contribution in [3.8, 4) is 0 Å². The van der Waals surface area contributed by atoms with Crippen molar-refractivity contribution in [1.82, 2.24) is 9.80 Å². The van der Waals surface area contributed by atoms with E-state index in [0.717, 1.165) is 43.9 Å². The van der Waals surface area contributed by atoms with Crippen molar-refractivity contribution in [3.63, 3.8) is 0 Å². The predicted octanol–water partition coefficient (Wildman–Crippen LogP) is 4.06. The normalized spacial score (nSPS) is 21.3. The standard InChI is InChI=1S/C29H32FN3O4/c1-4-36-26(34)18-33-13-11-32(12-14-33)17-19-5-7-20(8-6-19)23-16-25(37-29(23,2)3)27-22-15-21(30)9-10-24(22)31-28(27)35/h5-10,15-16H,4,11-14,17-18H2,1-3H3,(H,31,35). The fraction of sp³-hybridized carbons (Fsp3) is 0.379. The minimum Gasteiger partial charge on any atom is -0.482 e. The van der Waals surface area contributed by atoms with Gasteiger partial charge in [0.15, 0.2) is 0 Å². The average Bonchev–Trinajstić information content (AvgIpc) is 3.35. The molecule has 2 aromatic carbocycles. The molecule has 8 heteroatoms. The van der Waals surface area contributed by atoms with Gasteiger partial charge in [-0.15, -0.1) is 0 Å². The van der Waals surface area contributed by atoms with Crippen molar-refractivity contribution in [2.45, 2.75) is 32.9 Å². The van der Waals surface area contributed by atoms with Gasteiger partial charge in [0.05, 0.1) is 18.7 Å². The quantitative estimate of drug-likeness (QED) is 0.472. The van der Waals surface area contributed by atoms with Crippen LogP contribution in [0.25, 0.3) is 11.1 Å². The Labute approximate surface area is 216 Å². The fourth-order valence-electron chi connectivity index (χ4n) is 5.15. The van der Waals surface area contributed by atoms with Gasteiger partial charge in [-0.05, 0) is 56.2 Å². The van der Waals surface area contributed by atoms with Crippen LogP contribution in [0.1, 0.15) is 37.5 Å². The molecule has 1 amide bonds. The van der Waals surface area contributed by atoms with E-state index in [-0.39, 0.29) is 11.9 Å². The van der Waals surface area contributed by atoms with Gasteiger partial charge < -0.3 is 14.8 Å². The maximum atomic E-state index is 13.9. The molecule has 3 aliphatic rings. The third-order valence-corrected chi connectivity index (χ3v) is 7.06. The number of nitrogens with zero attached hydrogens (tertiary/aromatic N) is 2. The summed E-state index contributed by atoms with van der Waals surface area (Å²) in [6.45, 7) is 10.8. The van der Waals surface area contributed by atoms with Crippen molar-refractivity contribution in [2.75, 3.05) is 44.6 Å². The molecular formula is C29H32FN3O4. The smallest absolute Gasteiger partial charge is 0.320 e. The number of piperazine rings is 1. The maximum absolute atomic E-state index is 13.9. The largest absolute Gasteiger partial charge is 0.482 e. The molecule has 0 aliphatic carbocycles. The van der Waals surface area contributed by atoms with Crippen LogP contribution < -0.4 is 5.32 Å². The number of anilines is 1. The highest BCUT2D eigenvalue weighted by atomic mass is 19.1. The molecule has 1 N–H and O–H groups in total. The van der Waals surface area contributed by atoms with Gasteiger partial charge in [-0.3, -0.25) is 19.4 Å². The molecular weight excluding hydrogens is 473 g/mol. The Balaban J connectivity index is 1.28. The van der Waals surface area contributed by atoms with E-state index < -0.39 is 11.4 Å². The van der Waals surface area contributed by atoms with Crippen LogP contribution in [-0.2, 0) is 25.6 Å². The first-order valence-electron chi connectivity index (χ1n) is 12.7. The molecule has 1 saturated heterocycles. The highest BCUT2D eigenvalue weighted by Gasteiger charge is 2.38. The van der Waals surface area contributed by atoms with E-state index in [0.29, 0.717) is 35.7 Å². The summed E-state index contributed by atoms with van der Waals surface area (Å²) in [7, 11) is 0. The van der Waals surface area contributed by atoms with Crippen LogP contribution in [-0.4, -0.2) is 66.6 Å². The van der Waals surface area contributed by atoms with Gasteiger partial charge in [-0.2, -0.15) is 0 Å². The third-order valence-electron chi connectivity index (χ3n) is 7.06. The van der Waals surface area contributed by atoms with Gasteiger partial charge in [0.25, 0.3) is 5.91 Å². The van der Waals surface area contributed by atoms with Gasteiger partial charge >= 0.3 is 5.97 Å². The van der Waals surface area contributed by atoms with Gasteiger partial charge in [-0.1, -0.05) is 24.3 Å². The summed E-state index contributed by atoms with van der Waals surface area (Å²) in [5.74, 6) is -0.401. The van der Waals surface area contributed by atoms with E-state index in [1.165, 1.54) is 17.7 Å². The first-order chi connectivity index (χ1) is 17.7. The Bertz CT molecular complexity index is 1270. The lowest BCUT2D eigenvalue weighted by atomic mass is 9.91. The van der Waals surface area contributed by atoms with Crippen LogP contribution in [0, 0.1) is 5.82 Å². The summed E-state index contributed by atoms with van der Waals surface area (Å²) in [6.07, 6.45) is 1.90. The van der Waals surface area contributed by atoms with Gasteiger partial charge in [0, 0.05) is 49.5 Å². The lowest BCUT2D eigenvalue weighted by Gasteiger charge is -2.34. The predicted molar refractivity (Wildman–Crippen MR) is 140 cm³/mol. The Hall–Kier alpha value is -3.49. The molecule has 0 saturated carbocycles. The van der Waals surface area contributed by atoms with E-state index in [1.54, 1.807) is 6.07 Å². The molecule has 0 bridgehead atoms. The minimum absolute atomic E-state index is 0.164. The maximum Gasteiger partial charge on any atom is 0.320 e. The number of carbonyl (C=O) groups excluding carboxylic acids is 2. The molecule has 194 valence electrons. The molecule has 0 atom stereocenters. The number of nitrogens with one attached hydrogen (secondary N) is 1. The van der Waals surface area contributed by atoms with Crippen molar-refractivity contribution in [3.05, 3.63) is 76.8 Å². The number of halogens is 1. The molecule has 0 aromatic heterocycles. The van der Waals surface area contributed by atoms with Crippen LogP contribution in [0.5, 0.6) is 0 Å². The van der Waals surface area contributed by atoms with E-state index in [2.05, 4.69) is 39.4 Å². The van der Waals surface area contributed by atoms with E-state index in [1.807, 2.05) is 26.8 Å². The topological polar surface area (TPSA) is 71.1 Å². The highest BCUT2D eigenvalue weighted by molar-refractivity contribution is 6.32. The molecule has 1 fully saturated rings. The zero-order valence-corrected chi connectivity index (χ0v) is 21.5. The van der Waals surface area contributed by atoms with Gasteiger partial charge in [-0.25, -0.2) is 4.39 Å². The number of benzene rings is 2. The highest BCUT2D eigenvalue weighted by Crippen LogP contribution is 2.44.